The zero-order valence-electron chi connectivity index (χ0n) is 10.1. The van der Waals surface area contributed by atoms with Gasteiger partial charge in [0.25, 0.3) is 0 Å². The summed E-state index contributed by atoms with van der Waals surface area (Å²) in [5.74, 6) is 2.21. The van der Waals surface area contributed by atoms with Gasteiger partial charge in [0.15, 0.2) is 0 Å². The van der Waals surface area contributed by atoms with Crippen molar-refractivity contribution in [2.24, 2.45) is 0 Å². The van der Waals surface area contributed by atoms with Crippen LogP contribution in [0.2, 0.25) is 0 Å². The molecule has 1 rings (SSSR count). The van der Waals surface area contributed by atoms with Crippen molar-refractivity contribution in [1.82, 2.24) is 9.97 Å². The number of hydrogen-bond acceptors (Lipinski definition) is 4. The summed E-state index contributed by atoms with van der Waals surface area (Å²) >= 11 is 0. The molecule has 0 aliphatic rings. The standard InChI is InChI=1S/C11H19N3O/c1-6-8-12-9(14-11(2,3)4)7-10(13-8)15-5/h7H,6H2,1-5H3,(H,12,13,14). The van der Waals surface area contributed by atoms with Gasteiger partial charge in [-0.2, -0.15) is 4.98 Å². The number of nitrogens with one attached hydrogen (secondary N) is 1. The van der Waals surface area contributed by atoms with Crippen LogP contribution in [-0.4, -0.2) is 22.6 Å². The maximum atomic E-state index is 5.12. The lowest BCUT2D eigenvalue weighted by Gasteiger charge is -2.21. The van der Waals surface area contributed by atoms with E-state index < -0.39 is 0 Å². The molecule has 0 aromatic carbocycles. The van der Waals surface area contributed by atoms with Crippen molar-refractivity contribution in [2.45, 2.75) is 39.7 Å². The highest BCUT2D eigenvalue weighted by Crippen LogP contribution is 2.17. The number of methoxy groups -OCH3 is 1. The van der Waals surface area contributed by atoms with Gasteiger partial charge in [-0.3, -0.25) is 0 Å². The fourth-order valence-corrected chi connectivity index (χ4v) is 1.18. The third-order valence-corrected chi connectivity index (χ3v) is 1.78. The summed E-state index contributed by atoms with van der Waals surface area (Å²) in [4.78, 5) is 8.61. The Bertz CT molecular complexity index is 309. The molecule has 0 saturated heterocycles. The molecule has 0 aliphatic heterocycles. The summed E-state index contributed by atoms with van der Waals surface area (Å²) in [7, 11) is 1.61. The molecule has 0 fully saturated rings. The van der Waals surface area contributed by atoms with Crippen molar-refractivity contribution >= 4 is 5.82 Å². The second-order valence-corrected chi connectivity index (χ2v) is 4.44. The van der Waals surface area contributed by atoms with Crippen LogP contribution in [-0.2, 0) is 6.42 Å². The number of anilines is 1. The number of aryl methyl sites for hydroxylation is 1. The van der Waals surface area contributed by atoms with Crippen molar-refractivity contribution in [3.63, 3.8) is 0 Å². The minimum absolute atomic E-state index is 0.00955. The Morgan fingerprint density at radius 2 is 2.00 bits per heavy atom. The maximum Gasteiger partial charge on any atom is 0.218 e. The normalized spacial score (nSPS) is 11.3. The number of aromatic nitrogens is 2. The van der Waals surface area contributed by atoms with Gasteiger partial charge in [0.2, 0.25) is 5.88 Å². The number of nitrogens with zero attached hydrogens (tertiary/aromatic N) is 2. The molecule has 0 radical (unpaired) electrons. The summed E-state index contributed by atoms with van der Waals surface area (Å²) in [6, 6.07) is 1.81. The maximum absolute atomic E-state index is 5.12. The monoisotopic (exact) mass is 209 g/mol. The van der Waals surface area contributed by atoms with Crippen LogP contribution in [0.5, 0.6) is 5.88 Å². The molecule has 15 heavy (non-hydrogen) atoms. The third-order valence-electron chi connectivity index (χ3n) is 1.78. The van der Waals surface area contributed by atoms with Gasteiger partial charge in [0, 0.05) is 18.0 Å². The van der Waals surface area contributed by atoms with E-state index in [2.05, 4.69) is 36.1 Å². The van der Waals surface area contributed by atoms with E-state index in [0.29, 0.717) is 5.88 Å². The van der Waals surface area contributed by atoms with Crippen LogP contribution in [0.3, 0.4) is 0 Å². The van der Waals surface area contributed by atoms with Crippen LogP contribution in [0.15, 0.2) is 6.07 Å². The van der Waals surface area contributed by atoms with E-state index in [1.807, 2.05) is 13.0 Å². The Labute approximate surface area is 91.1 Å². The number of rotatable bonds is 3. The Balaban J connectivity index is 2.97. The molecular formula is C11H19N3O. The molecule has 1 aromatic heterocycles. The molecule has 4 heteroatoms. The Morgan fingerprint density at radius 1 is 1.33 bits per heavy atom. The first-order chi connectivity index (χ1) is 6.94. The Morgan fingerprint density at radius 3 is 2.47 bits per heavy atom. The average Bonchev–Trinajstić information content (AvgIpc) is 2.14. The molecule has 0 unspecified atom stereocenters. The first-order valence-electron chi connectivity index (χ1n) is 5.14. The van der Waals surface area contributed by atoms with Crippen molar-refractivity contribution in [1.29, 1.82) is 0 Å². The van der Waals surface area contributed by atoms with E-state index in [4.69, 9.17) is 4.74 Å². The quantitative estimate of drug-likeness (QED) is 0.829. The first-order valence-corrected chi connectivity index (χ1v) is 5.14. The molecule has 1 N–H and O–H groups in total. The zero-order chi connectivity index (χ0) is 11.5. The van der Waals surface area contributed by atoms with Gasteiger partial charge in [-0.25, -0.2) is 4.98 Å². The molecule has 1 aromatic rings. The topological polar surface area (TPSA) is 47.0 Å². The summed E-state index contributed by atoms with van der Waals surface area (Å²) in [6.45, 7) is 8.29. The molecule has 4 nitrogen and oxygen atoms in total. The summed E-state index contributed by atoms with van der Waals surface area (Å²) in [5, 5.41) is 3.30. The van der Waals surface area contributed by atoms with E-state index in [1.54, 1.807) is 7.11 Å². The average molecular weight is 209 g/mol. The number of ether oxygens (including phenoxy) is 1. The highest BCUT2D eigenvalue weighted by Gasteiger charge is 2.12. The second kappa shape index (κ2) is 4.47. The molecule has 0 amide bonds. The minimum atomic E-state index is -0.00955. The fraction of sp³-hybridized carbons (Fsp3) is 0.636. The lowest BCUT2D eigenvalue weighted by molar-refractivity contribution is 0.395. The van der Waals surface area contributed by atoms with Crippen molar-refractivity contribution in [2.75, 3.05) is 12.4 Å². The molecular weight excluding hydrogens is 190 g/mol. The van der Waals surface area contributed by atoms with Crippen LogP contribution in [0.4, 0.5) is 5.82 Å². The van der Waals surface area contributed by atoms with E-state index >= 15 is 0 Å². The van der Waals surface area contributed by atoms with E-state index in [-0.39, 0.29) is 5.54 Å². The fourth-order valence-electron chi connectivity index (χ4n) is 1.18. The number of hydrogen-bond donors (Lipinski definition) is 1. The van der Waals surface area contributed by atoms with Crippen LogP contribution in [0.1, 0.15) is 33.5 Å². The predicted molar refractivity (Wildman–Crippen MR) is 61.3 cm³/mol. The SMILES string of the molecule is CCc1nc(NC(C)(C)C)cc(OC)n1. The van der Waals surface area contributed by atoms with Gasteiger partial charge in [0.05, 0.1) is 7.11 Å². The molecule has 1 heterocycles. The molecule has 84 valence electrons. The van der Waals surface area contributed by atoms with Crippen LogP contribution < -0.4 is 10.1 Å². The molecule has 0 saturated carbocycles. The lowest BCUT2D eigenvalue weighted by atomic mass is 10.1. The summed E-state index contributed by atoms with van der Waals surface area (Å²) < 4.78 is 5.12. The largest absolute Gasteiger partial charge is 0.481 e. The lowest BCUT2D eigenvalue weighted by Crippen LogP contribution is -2.27. The zero-order valence-corrected chi connectivity index (χ0v) is 10.1. The highest BCUT2D eigenvalue weighted by atomic mass is 16.5. The minimum Gasteiger partial charge on any atom is -0.481 e. The van der Waals surface area contributed by atoms with Crippen molar-refractivity contribution < 1.29 is 4.74 Å². The summed E-state index contributed by atoms with van der Waals surface area (Å²) in [6.07, 6.45) is 0.802. The van der Waals surface area contributed by atoms with Crippen LogP contribution in [0.25, 0.3) is 0 Å². The van der Waals surface area contributed by atoms with Gasteiger partial charge in [-0.1, -0.05) is 6.92 Å². The van der Waals surface area contributed by atoms with Crippen molar-refractivity contribution in [3.8, 4) is 5.88 Å². The van der Waals surface area contributed by atoms with Gasteiger partial charge >= 0.3 is 0 Å². The molecule has 0 bridgehead atoms. The van der Waals surface area contributed by atoms with Gasteiger partial charge in [-0.15, -0.1) is 0 Å². The second-order valence-electron chi connectivity index (χ2n) is 4.44. The smallest absolute Gasteiger partial charge is 0.218 e. The van der Waals surface area contributed by atoms with Crippen LogP contribution >= 0.6 is 0 Å². The molecule has 0 spiro atoms. The summed E-state index contributed by atoms with van der Waals surface area (Å²) in [5.41, 5.74) is -0.00955. The van der Waals surface area contributed by atoms with E-state index in [1.165, 1.54) is 0 Å². The van der Waals surface area contributed by atoms with Crippen LogP contribution in [0, 0.1) is 0 Å². The molecule has 0 atom stereocenters. The van der Waals surface area contributed by atoms with Gasteiger partial charge < -0.3 is 10.1 Å². The van der Waals surface area contributed by atoms with Gasteiger partial charge in [-0.05, 0) is 20.8 Å². The van der Waals surface area contributed by atoms with E-state index in [9.17, 15) is 0 Å². The Hall–Kier alpha value is -1.32. The highest BCUT2D eigenvalue weighted by molar-refractivity contribution is 5.40. The molecule has 0 aliphatic carbocycles. The Kier molecular flexibility index (Phi) is 3.50. The van der Waals surface area contributed by atoms with Crippen molar-refractivity contribution in [3.05, 3.63) is 11.9 Å². The van der Waals surface area contributed by atoms with Gasteiger partial charge in [0.1, 0.15) is 11.6 Å². The first kappa shape index (κ1) is 11.8. The third kappa shape index (κ3) is 3.73. The predicted octanol–water partition coefficient (Wildman–Crippen LogP) is 2.26. The van der Waals surface area contributed by atoms with E-state index in [0.717, 1.165) is 18.1 Å².